The summed E-state index contributed by atoms with van der Waals surface area (Å²) in [5.74, 6) is 1.43. The maximum atomic E-state index is 12.2. The van der Waals surface area contributed by atoms with E-state index in [4.69, 9.17) is 9.47 Å². The fraction of sp³-hybridized carbons (Fsp3) is 0.361. The Hall–Kier alpha value is -3.84. The summed E-state index contributed by atoms with van der Waals surface area (Å²) in [6.07, 6.45) is 5.48. The van der Waals surface area contributed by atoms with Crippen LogP contribution in [0.4, 0.5) is 5.69 Å². The van der Waals surface area contributed by atoms with E-state index in [1.807, 2.05) is 62.1 Å². The largest absolute Gasteiger partial charge is 0.487 e. The normalized spacial score (nSPS) is 16.6. The Morgan fingerprint density at radius 2 is 1.70 bits per heavy atom. The molecule has 0 amide bonds. The molecule has 0 saturated heterocycles. The highest BCUT2D eigenvalue weighted by Gasteiger charge is 2.43. The van der Waals surface area contributed by atoms with Crippen molar-refractivity contribution in [3.8, 4) is 22.8 Å². The molecule has 2 unspecified atom stereocenters. The van der Waals surface area contributed by atoms with Crippen molar-refractivity contribution < 1.29 is 14.3 Å². The van der Waals surface area contributed by atoms with Crippen molar-refractivity contribution in [3.63, 3.8) is 0 Å². The quantitative estimate of drug-likeness (QED) is 0.162. The number of aromatic nitrogens is 2. The molecule has 0 radical (unpaired) electrons. The van der Waals surface area contributed by atoms with Crippen LogP contribution in [0.3, 0.4) is 0 Å². The SMILES string of the molecule is COc1ccc(-c2ccc(CN3c4ccc(OCc5ccccn5)cc4C(SC(C)(C)C)C3CC(C)(C)C=O)cc2)cn1. The lowest BCUT2D eigenvalue weighted by molar-refractivity contribution is -0.115. The lowest BCUT2D eigenvalue weighted by atomic mass is 9.86. The average Bonchev–Trinajstić information content (AvgIpc) is 3.26. The van der Waals surface area contributed by atoms with Crippen molar-refractivity contribution in [1.82, 2.24) is 9.97 Å². The molecule has 2 aromatic heterocycles. The van der Waals surface area contributed by atoms with Crippen LogP contribution in [0, 0.1) is 5.41 Å². The van der Waals surface area contributed by atoms with E-state index >= 15 is 0 Å². The maximum absolute atomic E-state index is 12.2. The van der Waals surface area contributed by atoms with Crippen molar-refractivity contribution in [3.05, 3.63) is 102 Å². The molecule has 0 aliphatic carbocycles. The van der Waals surface area contributed by atoms with Crippen LogP contribution in [0.5, 0.6) is 11.6 Å². The summed E-state index contributed by atoms with van der Waals surface area (Å²) in [5, 5.41) is 0.178. The van der Waals surface area contributed by atoms with E-state index < -0.39 is 5.41 Å². The van der Waals surface area contributed by atoms with Crippen LogP contribution in [-0.4, -0.2) is 34.2 Å². The standard InChI is InChI=1S/C36H41N3O3S/c1-35(2,3)43-34-30-19-29(42-23-28-9-7-8-18-37-28)15-16-31(30)39(32(34)20-36(4,5)24-40)22-25-10-12-26(13-11-25)27-14-17-33(41-6)38-21-27/h7-19,21,24,32,34H,20,22-23H2,1-6H3. The molecular weight excluding hydrogens is 554 g/mol. The van der Waals surface area contributed by atoms with Crippen LogP contribution in [0.15, 0.2) is 85.2 Å². The molecule has 0 fully saturated rings. The molecule has 2 atom stereocenters. The first kappa shape index (κ1) is 30.6. The third kappa shape index (κ3) is 7.57. The van der Waals surface area contributed by atoms with Crippen LogP contribution in [0.25, 0.3) is 11.1 Å². The first-order chi connectivity index (χ1) is 20.5. The molecule has 1 aliphatic heterocycles. The number of rotatable bonds is 11. The molecule has 224 valence electrons. The molecule has 2 aromatic carbocycles. The van der Waals surface area contributed by atoms with Gasteiger partial charge in [-0.3, -0.25) is 4.98 Å². The van der Waals surface area contributed by atoms with Gasteiger partial charge in [-0.25, -0.2) is 4.98 Å². The molecule has 0 N–H and O–H groups in total. The van der Waals surface area contributed by atoms with Crippen LogP contribution in [0.1, 0.15) is 63.1 Å². The van der Waals surface area contributed by atoms with Gasteiger partial charge in [-0.05, 0) is 59.5 Å². The number of pyridine rings is 2. The average molecular weight is 596 g/mol. The number of aldehydes is 1. The smallest absolute Gasteiger partial charge is 0.212 e. The molecule has 0 saturated carbocycles. The third-order valence-corrected chi connectivity index (χ3v) is 9.13. The number of hydrogen-bond acceptors (Lipinski definition) is 7. The fourth-order valence-electron chi connectivity index (χ4n) is 5.50. The van der Waals surface area contributed by atoms with Crippen molar-refractivity contribution >= 4 is 23.7 Å². The highest BCUT2D eigenvalue weighted by Crippen LogP contribution is 2.54. The Kier molecular flexibility index (Phi) is 9.11. The van der Waals surface area contributed by atoms with Gasteiger partial charge in [-0.2, -0.15) is 0 Å². The summed E-state index contributed by atoms with van der Waals surface area (Å²) in [4.78, 5) is 23.4. The lowest BCUT2D eigenvalue weighted by Gasteiger charge is -2.36. The summed E-state index contributed by atoms with van der Waals surface area (Å²) in [7, 11) is 1.62. The highest BCUT2D eigenvalue weighted by molar-refractivity contribution is 8.00. The summed E-state index contributed by atoms with van der Waals surface area (Å²) in [6, 6.07) is 25.0. The summed E-state index contributed by atoms with van der Waals surface area (Å²) in [5.41, 5.74) is 6.25. The lowest BCUT2D eigenvalue weighted by Crippen LogP contribution is -2.38. The second kappa shape index (κ2) is 12.8. The van der Waals surface area contributed by atoms with Crippen molar-refractivity contribution in [2.24, 2.45) is 5.41 Å². The van der Waals surface area contributed by atoms with Gasteiger partial charge in [0.05, 0.1) is 18.1 Å². The van der Waals surface area contributed by atoms with Gasteiger partial charge < -0.3 is 19.2 Å². The highest BCUT2D eigenvalue weighted by atomic mass is 32.2. The predicted molar refractivity (Wildman–Crippen MR) is 176 cm³/mol. The third-order valence-electron chi connectivity index (χ3n) is 7.60. The number of thioether (sulfide) groups is 1. The molecule has 0 bridgehead atoms. The molecular formula is C36H41N3O3S. The van der Waals surface area contributed by atoms with Gasteiger partial charge in [0.15, 0.2) is 0 Å². The molecule has 5 rings (SSSR count). The number of nitrogens with zero attached hydrogens (tertiary/aromatic N) is 3. The molecule has 7 heteroatoms. The van der Waals surface area contributed by atoms with E-state index in [1.54, 1.807) is 13.3 Å². The zero-order valence-corrected chi connectivity index (χ0v) is 26.7. The molecule has 6 nitrogen and oxygen atoms in total. The Morgan fingerprint density at radius 1 is 0.930 bits per heavy atom. The van der Waals surface area contributed by atoms with Crippen molar-refractivity contribution in [1.29, 1.82) is 0 Å². The van der Waals surface area contributed by atoms with E-state index in [0.717, 1.165) is 41.8 Å². The Morgan fingerprint density at radius 3 is 2.33 bits per heavy atom. The number of carbonyl (C=O) groups is 1. The minimum Gasteiger partial charge on any atom is -0.487 e. The zero-order chi connectivity index (χ0) is 30.6. The molecule has 3 heterocycles. The van der Waals surface area contributed by atoms with Gasteiger partial charge in [-0.15, -0.1) is 11.8 Å². The van der Waals surface area contributed by atoms with Gasteiger partial charge in [0.2, 0.25) is 5.88 Å². The minimum absolute atomic E-state index is 0.0282. The number of benzene rings is 2. The van der Waals surface area contributed by atoms with E-state index in [1.165, 1.54) is 16.8 Å². The first-order valence-electron chi connectivity index (χ1n) is 14.7. The Balaban J connectivity index is 1.47. The minimum atomic E-state index is -0.453. The Labute approximate surface area is 259 Å². The van der Waals surface area contributed by atoms with Gasteiger partial charge >= 0.3 is 0 Å². The number of fused-ring (bicyclic) bond motifs is 1. The van der Waals surface area contributed by atoms with E-state index in [9.17, 15) is 4.79 Å². The van der Waals surface area contributed by atoms with Crippen molar-refractivity contribution in [2.45, 2.75) is 70.2 Å². The molecule has 0 spiro atoms. The monoisotopic (exact) mass is 595 g/mol. The van der Waals surface area contributed by atoms with Gasteiger partial charge in [-0.1, -0.05) is 65.0 Å². The number of hydrogen-bond donors (Lipinski definition) is 0. The number of methoxy groups -OCH3 is 1. The second-order valence-electron chi connectivity index (χ2n) is 12.8. The van der Waals surface area contributed by atoms with Crippen LogP contribution >= 0.6 is 11.8 Å². The Bertz CT molecular complexity index is 1520. The van der Waals surface area contributed by atoms with Crippen molar-refractivity contribution in [2.75, 3.05) is 12.0 Å². The number of anilines is 1. The fourth-order valence-corrected chi connectivity index (χ4v) is 6.98. The predicted octanol–water partition coefficient (Wildman–Crippen LogP) is 8.31. The maximum Gasteiger partial charge on any atom is 0.212 e. The van der Waals surface area contributed by atoms with E-state index in [-0.39, 0.29) is 16.0 Å². The number of ether oxygens (including phenoxy) is 2. The summed E-state index contributed by atoms with van der Waals surface area (Å²) in [6.45, 7) is 12.0. The van der Waals surface area contributed by atoms with Crippen LogP contribution in [0.2, 0.25) is 0 Å². The van der Waals surface area contributed by atoms with Crippen LogP contribution < -0.4 is 14.4 Å². The van der Waals surface area contributed by atoms with Gasteiger partial charge in [0.1, 0.15) is 18.6 Å². The van der Waals surface area contributed by atoms with Gasteiger partial charge in [0, 0.05) is 52.5 Å². The topological polar surface area (TPSA) is 64.6 Å². The van der Waals surface area contributed by atoms with E-state index in [0.29, 0.717) is 12.5 Å². The van der Waals surface area contributed by atoms with Gasteiger partial charge in [0.25, 0.3) is 0 Å². The zero-order valence-electron chi connectivity index (χ0n) is 25.9. The second-order valence-corrected chi connectivity index (χ2v) is 14.7. The first-order valence-corrected chi connectivity index (χ1v) is 15.6. The summed E-state index contributed by atoms with van der Waals surface area (Å²) < 4.78 is 11.5. The molecule has 1 aliphatic rings. The summed E-state index contributed by atoms with van der Waals surface area (Å²) >= 11 is 1.96. The van der Waals surface area contributed by atoms with E-state index in [2.05, 4.69) is 78.1 Å². The molecule has 4 aromatic rings. The van der Waals surface area contributed by atoms with Crippen LogP contribution in [-0.2, 0) is 17.9 Å². The molecule has 43 heavy (non-hydrogen) atoms. The number of carbonyl (C=O) groups excluding carboxylic acids is 1.